The van der Waals surface area contributed by atoms with Crippen LogP contribution < -0.4 is 10.2 Å². The number of halogens is 2. The van der Waals surface area contributed by atoms with E-state index in [0.29, 0.717) is 21.4 Å². The van der Waals surface area contributed by atoms with Gasteiger partial charge in [-0.15, -0.1) is 0 Å². The Morgan fingerprint density at radius 1 is 1.13 bits per heavy atom. The molecule has 1 N–H and O–H groups in total. The molecule has 0 fully saturated rings. The number of aryl methyl sites for hydroxylation is 2. The summed E-state index contributed by atoms with van der Waals surface area (Å²) in [5, 5.41) is 10.6. The third-order valence-electron chi connectivity index (χ3n) is 4.47. The van der Waals surface area contributed by atoms with E-state index in [1.165, 1.54) is 6.08 Å². The van der Waals surface area contributed by atoms with Gasteiger partial charge in [0.1, 0.15) is 24.0 Å². The topological polar surface area (TPSA) is 67.0 Å². The number of hydrogen-bond donors (Lipinski definition) is 1. The molecule has 1 amide bonds. The Balaban J connectivity index is 1.81. The molecule has 0 radical (unpaired) electrons. The van der Waals surface area contributed by atoms with E-state index in [9.17, 15) is 10.1 Å². The summed E-state index contributed by atoms with van der Waals surface area (Å²) in [6.45, 7) is 3.96. The molecule has 0 bridgehead atoms. The van der Waals surface area contributed by atoms with Gasteiger partial charge < -0.3 is 4.74 Å². The fraction of sp³-hybridized carbons (Fsp3) is 0.130. The van der Waals surface area contributed by atoms with Crippen molar-refractivity contribution in [1.29, 1.82) is 5.26 Å². The van der Waals surface area contributed by atoms with E-state index in [1.807, 2.05) is 38.1 Å². The molecule has 0 atom stereocenters. The largest absolute Gasteiger partial charge is 0.488 e. The van der Waals surface area contributed by atoms with Gasteiger partial charge in [0, 0.05) is 32.6 Å². The molecule has 0 saturated carbocycles. The number of para-hydroxylation sites is 1. The standard InChI is InChI=1S/C23H19Cl2N3O2/c1-15-7-8-16(2)28(15)27-23(29)19(13-26)11-17-5-3-4-6-22(17)30-14-18-9-10-20(24)12-21(18)25/h3-12H,14H2,1-2H3,(H,27,29)/b19-11-. The quantitative estimate of drug-likeness (QED) is 0.397. The molecule has 0 aliphatic heterocycles. The van der Waals surface area contributed by atoms with Gasteiger partial charge in [-0.2, -0.15) is 5.26 Å². The predicted molar refractivity (Wildman–Crippen MR) is 119 cm³/mol. The molecule has 0 spiro atoms. The Bertz CT molecular complexity index is 1140. The number of nitrogens with one attached hydrogen (secondary N) is 1. The molecule has 0 aliphatic carbocycles. The van der Waals surface area contributed by atoms with Crippen LogP contribution in [0.15, 0.2) is 60.2 Å². The van der Waals surface area contributed by atoms with Crippen LogP contribution in [0.3, 0.4) is 0 Å². The third-order valence-corrected chi connectivity index (χ3v) is 5.05. The number of nitriles is 1. The maximum atomic E-state index is 12.6. The first-order valence-corrected chi connectivity index (χ1v) is 9.88. The van der Waals surface area contributed by atoms with Gasteiger partial charge in [0.25, 0.3) is 5.91 Å². The third kappa shape index (κ3) is 5.04. The zero-order valence-corrected chi connectivity index (χ0v) is 18.0. The fourth-order valence-electron chi connectivity index (χ4n) is 2.84. The average Bonchev–Trinajstić information content (AvgIpc) is 3.04. The van der Waals surface area contributed by atoms with E-state index in [-0.39, 0.29) is 12.2 Å². The first kappa shape index (κ1) is 21.5. The Hall–Kier alpha value is -3.20. The van der Waals surface area contributed by atoms with E-state index in [1.54, 1.807) is 41.1 Å². The number of amides is 1. The summed E-state index contributed by atoms with van der Waals surface area (Å²) >= 11 is 12.1. The van der Waals surface area contributed by atoms with Gasteiger partial charge in [-0.25, -0.2) is 0 Å². The minimum atomic E-state index is -0.504. The van der Waals surface area contributed by atoms with Crippen molar-refractivity contribution in [3.05, 3.63) is 92.7 Å². The lowest BCUT2D eigenvalue weighted by Gasteiger charge is -2.12. The molecule has 3 rings (SSSR count). The Labute approximate surface area is 185 Å². The van der Waals surface area contributed by atoms with Crippen LogP contribution in [-0.4, -0.2) is 10.6 Å². The lowest BCUT2D eigenvalue weighted by Crippen LogP contribution is -2.25. The molecule has 0 aliphatic rings. The number of ether oxygens (including phenoxy) is 1. The van der Waals surface area contributed by atoms with Crippen LogP contribution in [0.2, 0.25) is 10.0 Å². The average molecular weight is 440 g/mol. The SMILES string of the molecule is Cc1ccc(C)n1NC(=O)/C(C#N)=C\c1ccccc1OCc1ccc(Cl)cc1Cl. The summed E-state index contributed by atoms with van der Waals surface area (Å²) in [6.07, 6.45) is 1.50. The van der Waals surface area contributed by atoms with Crippen molar-refractivity contribution in [2.24, 2.45) is 0 Å². The van der Waals surface area contributed by atoms with Crippen LogP contribution in [0.5, 0.6) is 5.75 Å². The summed E-state index contributed by atoms with van der Waals surface area (Å²) in [5.74, 6) is 0.0211. The zero-order valence-electron chi connectivity index (χ0n) is 16.4. The van der Waals surface area contributed by atoms with E-state index < -0.39 is 5.91 Å². The zero-order chi connectivity index (χ0) is 21.7. The van der Waals surface area contributed by atoms with Gasteiger partial charge in [-0.3, -0.25) is 14.9 Å². The first-order valence-electron chi connectivity index (χ1n) is 9.13. The highest BCUT2D eigenvalue weighted by Crippen LogP contribution is 2.25. The van der Waals surface area contributed by atoms with Gasteiger partial charge in [0.15, 0.2) is 0 Å². The smallest absolute Gasteiger partial charge is 0.280 e. The van der Waals surface area contributed by atoms with Crippen LogP contribution in [0.1, 0.15) is 22.5 Å². The fourth-order valence-corrected chi connectivity index (χ4v) is 3.30. The number of carbonyl (C=O) groups excluding carboxylic acids is 1. The summed E-state index contributed by atoms with van der Waals surface area (Å²) in [6, 6.07) is 18.1. The molecule has 3 aromatic rings. The highest BCUT2D eigenvalue weighted by Gasteiger charge is 2.13. The second kappa shape index (κ2) is 9.53. The highest BCUT2D eigenvalue weighted by molar-refractivity contribution is 6.35. The monoisotopic (exact) mass is 439 g/mol. The summed E-state index contributed by atoms with van der Waals surface area (Å²) in [5.41, 5.74) is 5.80. The number of aromatic nitrogens is 1. The van der Waals surface area contributed by atoms with Crippen molar-refractivity contribution in [1.82, 2.24) is 4.68 Å². The predicted octanol–water partition coefficient (Wildman–Crippen LogP) is 5.67. The van der Waals surface area contributed by atoms with Crippen molar-refractivity contribution >= 4 is 35.2 Å². The van der Waals surface area contributed by atoms with Crippen LogP contribution in [0.4, 0.5) is 0 Å². The number of carbonyl (C=O) groups is 1. The second-order valence-corrected chi connectivity index (χ2v) is 7.47. The van der Waals surface area contributed by atoms with E-state index in [2.05, 4.69) is 5.43 Å². The number of nitrogens with zero attached hydrogens (tertiary/aromatic N) is 2. The Morgan fingerprint density at radius 3 is 2.50 bits per heavy atom. The molecular weight excluding hydrogens is 421 g/mol. The maximum Gasteiger partial charge on any atom is 0.280 e. The van der Waals surface area contributed by atoms with Crippen molar-refractivity contribution in [2.75, 3.05) is 5.43 Å². The molecule has 0 saturated heterocycles. The van der Waals surface area contributed by atoms with Gasteiger partial charge in [0.2, 0.25) is 0 Å². The second-order valence-electron chi connectivity index (χ2n) is 6.62. The van der Waals surface area contributed by atoms with E-state index in [0.717, 1.165) is 17.0 Å². The summed E-state index contributed by atoms with van der Waals surface area (Å²) in [7, 11) is 0. The minimum Gasteiger partial charge on any atom is -0.488 e. The lowest BCUT2D eigenvalue weighted by molar-refractivity contribution is -0.113. The molecule has 0 unspecified atom stereocenters. The molecule has 152 valence electrons. The van der Waals surface area contributed by atoms with Gasteiger partial charge in [-0.05, 0) is 50.3 Å². The highest BCUT2D eigenvalue weighted by atomic mass is 35.5. The van der Waals surface area contributed by atoms with Crippen molar-refractivity contribution in [2.45, 2.75) is 20.5 Å². The molecule has 1 aromatic heterocycles. The van der Waals surface area contributed by atoms with Crippen LogP contribution in [0, 0.1) is 25.2 Å². The van der Waals surface area contributed by atoms with E-state index >= 15 is 0 Å². The van der Waals surface area contributed by atoms with Crippen molar-refractivity contribution in [3.8, 4) is 11.8 Å². The normalized spacial score (nSPS) is 11.1. The first-order chi connectivity index (χ1) is 14.4. The molecule has 1 heterocycles. The van der Waals surface area contributed by atoms with Crippen molar-refractivity contribution in [3.63, 3.8) is 0 Å². The summed E-state index contributed by atoms with van der Waals surface area (Å²) < 4.78 is 7.53. The molecular formula is C23H19Cl2N3O2. The van der Waals surface area contributed by atoms with E-state index in [4.69, 9.17) is 27.9 Å². The molecule has 2 aromatic carbocycles. The minimum absolute atomic E-state index is 0.0388. The van der Waals surface area contributed by atoms with Crippen LogP contribution in [-0.2, 0) is 11.4 Å². The number of rotatable bonds is 6. The van der Waals surface area contributed by atoms with Crippen LogP contribution >= 0.6 is 23.2 Å². The van der Waals surface area contributed by atoms with Crippen LogP contribution in [0.25, 0.3) is 6.08 Å². The Morgan fingerprint density at radius 2 is 1.83 bits per heavy atom. The Kier molecular flexibility index (Phi) is 6.83. The number of hydrogen-bond acceptors (Lipinski definition) is 3. The molecule has 5 nitrogen and oxygen atoms in total. The van der Waals surface area contributed by atoms with Gasteiger partial charge in [-0.1, -0.05) is 47.5 Å². The van der Waals surface area contributed by atoms with Gasteiger partial charge >= 0.3 is 0 Å². The van der Waals surface area contributed by atoms with Crippen molar-refractivity contribution < 1.29 is 9.53 Å². The maximum absolute atomic E-state index is 12.6. The molecule has 30 heavy (non-hydrogen) atoms. The number of benzene rings is 2. The molecule has 7 heteroatoms. The lowest BCUT2D eigenvalue weighted by atomic mass is 10.1. The van der Waals surface area contributed by atoms with Gasteiger partial charge in [0.05, 0.1) is 0 Å². The summed E-state index contributed by atoms with van der Waals surface area (Å²) in [4.78, 5) is 12.6.